The number of phosphoric ester groups is 1. The molecule has 0 aromatic carbocycles. The standard InChI is InChI=1S/C31H62S2.C5H14NO4P.C3H8O3/c1-4-6-8-10-12-14-16-18-20-22-24-26-28-31(3,30(32)33)29-27-25-23-21-19-17-15-13-11-9-7-5-2;1-6(2,3)4-5-10-11(7,8)9;4-1-3(6)2-5/h4-29H2,1-3H3,(H,32,33);4-5H2,1-3H3,(H-,7,8,9);3-6H,1-2H2/p+1. The number of unbranched alkanes of at least 4 members (excludes halogenated alkanes) is 22. The van der Waals surface area contributed by atoms with Crippen molar-refractivity contribution in [2.24, 2.45) is 5.41 Å². The highest BCUT2D eigenvalue weighted by Crippen LogP contribution is 2.36. The molecule has 0 heterocycles. The predicted molar refractivity (Wildman–Crippen MR) is 222 cm³/mol. The first-order valence-electron chi connectivity index (χ1n) is 20.2. The van der Waals surface area contributed by atoms with Crippen molar-refractivity contribution < 1.29 is 38.7 Å². The molecule has 11 heteroatoms. The van der Waals surface area contributed by atoms with E-state index in [4.69, 9.17) is 37.3 Å². The number of nitrogens with zero attached hydrogens (tertiary/aromatic N) is 1. The molecular weight excluding hydrogens is 690 g/mol. The van der Waals surface area contributed by atoms with E-state index in [9.17, 15) is 4.57 Å². The van der Waals surface area contributed by atoms with Gasteiger partial charge in [0.05, 0.1) is 38.6 Å². The Bertz CT molecular complexity index is 733. The fraction of sp³-hybridized carbons (Fsp3) is 0.974. The number of rotatable bonds is 33. The van der Waals surface area contributed by atoms with Crippen molar-refractivity contribution in [3.63, 3.8) is 0 Å². The van der Waals surface area contributed by atoms with Crippen LogP contribution in [0.25, 0.3) is 0 Å². The summed E-state index contributed by atoms with van der Waals surface area (Å²) in [5.41, 5.74) is 0.176. The zero-order valence-electron chi connectivity index (χ0n) is 33.6. The minimum atomic E-state index is -4.26. The Morgan fingerprint density at radius 1 is 0.660 bits per heavy atom. The molecule has 0 unspecified atom stereocenters. The van der Waals surface area contributed by atoms with Crippen LogP contribution in [0.15, 0.2) is 0 Å². The average molecular weight is 775 g/mol. The van der Waals surface area contributed by atoms with E-state index in [1.807, 2.05) is 21.1 Å². The number of quaternary nitrogens is 1. The van der Waals surface area contributed by atoms with Crippen LogP contribution in [0.4, 0.5) is 0 Å². The molecule has 8 nitrogen and oxygen atoms in total. The molecule has 0 amide bonds. The molecule has 0 saturated carbocycles. The third-order valence-electron chi connectivity index (χ3n) is 9.12. The van der Waals surface area contributed by atoms with Crippen molar-refractivity contribution in [2.75, 3.05) is 47.5 Å². The van der Waals surface area contributed by atoms with Gasteiger partial charge < -0.3 is 29.6 Å². The Morgan fingerprint density at radius 3 is 1.14 bits per heavy atom. The number of phosphoric acid groups is 1. The van der Waals surface area contributed by atoms with E-state index in [-0.39, 0.29) is 25.2 Å². The first-order valence-corrected chi connectivity index (χ1v) is 22.6. The maximum absolute atomic E-state index is 10.2. The fourth-order valence-electron chi connectivity index (χ4n) is 5.54. The van der Waals surface area contributed by atoms with Crippen molar-refractivity contribution in [2.45, 2.75) is 194 Å². The van der Waals surface area contributed by atoms with Crippen LogP contribution in [0.5, 0.6) is 0 Å². The van der Waals surface area contributed by atoms with Gasteiger partial charge in [0.15, 0.2) is 0 Å². The van der Waals surface area contributed by atoms with Gasteiger partial charge in [-0.3, -0.25) is 4.52 Å². The van der Waals surface area contributed by atoms with E-state index in [1.165, 1.54) is 167 Å². The molecule has 0 aromatic rings. The van der Waals surface area contributed by atoms with Gasteiger partial charge >= 0.3 is 7.82 Å². The molecule has 0 aromatic heterocycles. The maximum atomic E-state index is 10.2. The topological polar surface area (TPSA) is 127 Å². The SMILES string of the molecule is CCCCCCCCCCCCCCC(C)(CCCCCCCCCCCCCC)C(=S)S.C[N+](C)(C)CCOP(=O)(O)O.OCC(O)CO. The van der Waals surface area contributed by atoms with E-state index in [0.29, 0.717) is 11.0 Å². The van der Waals surface area contributed by atoms with Gasteiger partial charge in [0.2, 0.25) is 0 Å². The molecule has 0 fully saturated rings. The highest BCUT2D eigenvalue weighted by Gasteiger charge is 2.26. The fourth-order valence-corrected chi connectivity index (χ4v) is 6.29. The normalized spacial score (nSPS) is 12.0. The average Bonchev–Trinajstić information content (AvgIpc) is 3.04. The van der Waals surface area contributed by atoms with Crippen LogP contribution < -0.4 is 0 Å². The second kappa shape index (κ2) is 37.7. The Balaban J connectivity index is -0.00000106. The monoisotopic (exact) mass is 775 g/mol. The van der Waals surface area contributed by atoms with Gasteiger partial charge in [-0.1, -0.05) is 187 Å². The first kappa shape index (κ1) is 54.7. The molecule has 0 bridgehead atoms. The van der Waals surface area contributed by atoms with Gasteiger partial charge in [-0.15, -0.1) is 12.6 Å². The summed E-state index contributed by atoms with van der Waals surface area (Å²) in [5.74, 6) is 0. The van der Waals surface area contributed by atoms with Crippen LogP contribution in [0.3, 0.4) is 0 Å². The minimum absolute atomic E-state index is 0.0772. The van der Waals surface area contributed by atoms with Crippen LogP contribution >= 0.6 is 32.7 Å². The Labute approximate surface area is 321 Å². The van der Waals surface area contributed by atoms with Crippen LogP contribution in [0.1, 0.15) is 188 Å². The molecule has 0 aliphatic rings. The third-order valence-corrected chi connectivity index (χ3v) is 10.7. The van der Waals surface area contributed by atoms with Crippen LogP contribution in [-0.2, 0) is 9.09 Å². The van der Waals surface area contributed by atoms with Crippen molar-refractivity contribution in [1.82, 2.24) is 0 Å². The van der Waals surface area contributed by atoms with Crippen LogP contribution in [0.2, 0.25) is 0 Å². The van der Waals surface area contributed by atoms with E-state index in [2.05, 4.69) is 37.9 Å². The lowest BCUT2D eigenvalue weighted by atomic mass is 9.81. The van der Waals surface area contributed by atoms with Crippen molar-refractivity contribution >= 4 is 36.9 Å². The van der Waals surface area contributed by atoms with Gasteiger partial charge in [-0.05, 0) is 12.8 Å². The predicted octanol–water partition coefficient (Wildman–Crippen LogP) is 10.6. The third kappa shape index (κ3) is 46.4. The van der Waals surface area contributed by atoms with E-state index in [0.717, 1.165) is 4.20 Å². The molecule has 0 radical (unpaired) electrons. The van der Waals surface area contributed by atoms with Gasteiger partial charge in [-0.25, -0.2) is 4.57 Å². The minimum Gasteiger partial charge on any atom is -0.394 e. The second-order valence-corrected chi connectivity index (χ2v) is 17.9. The van der Waals surface area contributed by atoms with Crippen LogP contribution in [0, 0.1) is 5.41 Å². The van der Waals surface area contributed by atoms with E-state index < -0.39 is 13.9 Å². The van der Waals surface area contributed by atoms with Crippen LogP contribution in [-0.4, -0.2) is 87.4 Å². The number of hydrogen-bond donors (Lipinski definition) is 6. The van der Waals surface area contributed by atoms with E-state index in [1.54, 1.807) is 0 Å². The second-order valence-electron chi connectivity index (χ2n) is 15.5. The summed E-state index contributed by atoms with van der Waals surface area (Å²) in [6.07, 6.45) is 35.6. The summed E-state index contributed by atoms with van der Waals surface area (Å²) in [7, 11) is 1.50. The Kier molecular flexibility index (Phi) is 41.3. The summed E-state index contributed by atoms with van der Waals surface area (Å²) in [5, 5.41) is 24.0. The van der Waals surface area contributed by atoms with Crippen molar-refractivity contribution in [3.8, 4) is 0 Å². The van der Waals surface area contributed by atoms with E-state index >= 15 is 0 Å². The lowest BCUT2D eigenvalue weighted by Crippen LogP contribution is -2.37. The summed E-state index contributed by atoms with van der Waals surface area (Å²) in [6.45, 7) is 6.89. The van der Waals surface area contributed by atoms with Crippen molar-refractivity contribution in [1.29, 1.82) is 0 Å². The maximum Gasteiger partial charge on any atom is 0.469 e. The highest BCUT2D eigenvalue weighted by atomic mass is 32.1. The molecule has 0 saturated heterocycles. The number of thiol groups is 1. The molecule has 0 atom stereocenters. The lowest BCUT2D eigenvalue weighted by molar-refractivity contribution is -0.870. The zero-order valence-corrected chi connectivity index (χ0v) is 36.2. The summed E-state index contributed by atoms with van der Waals surface area (Å²) in [6, 6.07) is 0. The molecule has 0 aliphatic carbocycles. The highest BCUT2D eigenvalue weighted by molar-refractivity contribution is 8.11. The van der Waals surface area contributed by atoms with Gasteiger partial charge in [0, 0.05) is 5.41 Å². The molecular formula is C39H85NO7PS2+. The number of hydrogen-bond acceptors (Lipinski definition) is 6. The summed E-state index contributed by atoms with van der Waals surface area (Å²) >= 11 is 10.2. The van der Waals surface area contributed by atoms with Gasteiger partial charge in [0.25, 0.3) is 0 Å². The molecule has 5 N–H and O–H groups in total. The quantitative estimate of drug-likeness (QED) is 0.0128. The Hall–Kier alpha value is 0.390. The molecule has 0 aliphatic heterocycles. The lowest BCUT2D eigenvalue weighted by Gasteiger charge is -2.28. The number of likely N-dealkylation sites (N-methyl/N-ethyl adjacent to an activating group) is 1. The molecule has 0 rings (SSSR count). The van der Waals surface area contributed by atoms with Crippen molar-refractivity contribution in [3.05, 3.63) is 0 Å². The molecule has 50 heavy (non-hydrogen) atoms. The summed E-state index contributed by atoms with van der Waals surface area (Å²) in [4.78, 5) is 16.6. The number of aliphatic hydroxyl groups excluding tert-OH is 3. The number of aliphatic hydroxyl groups is 3. The Morgan fingerprint density at radius 2 is 0.940 bits per heavy atom. The molecule has 0 spiro atoms. The van der Waals surface area contributed by atoms with Gasteiger partial charge in [0.1, 0.15) is 19.3 Å². The first-order chi connectivity index (χ1) is 23.6. The van der Waals surface area contributed by atoms with Gasteiger partial charge in [-0.2, -0.15) is 0 Å². The zero-order chi connectivity index (χ0) is 38.6. The smallest absolute Gasteiger partial charge is 0.394 e. The molecule has 304 valence electrons. The summed E-state index contributed by atoms with van der Waals surface area (Å²) < 4.78 is 16.0. The largest absolute Gasteiger partial charge is 0.469 e. The number of thiocarbonyl (C=S) groups is 1.